The van der Waals surface area contributed by atoms with Gasteiger partial charge in [-0.25, -0.2) is 4.98 Å². The molecule has 28 heavy (non-hydrogen) atoms. The Morgan fingerprint density at radius 1 is 1.21 bits per heavy atom. The first-order valence-corrected chi connectivity index (χ1v) is 9.20. The number of benzene rings is 1. The van der Waals surface area contributed by atoms with E-state index in [9.17, 15) is 5.11 Å². The van der Waals surface area contributed by atoms with E-state index in [1.165, 1.54) is 0 Å². The Hall–Kier alpha value is -2.96. The molecule has 0 amide bonds. The van der Waals surface area contributed by atoms with Crippen LogP contribution in [0.3, 0.4) is 0 Å². The zero-order valence-corrected chi connectivity index (χ0v) is 16.3. The SMILES string of the molecule is Cc1cc(-c2ccnn2C)c2cccc(OCc3c(Cl)cncc3CO)c2n1. The van der Waals surface area contributed by atoms with Crippen LogP contribution in [-0.2, 0) is 20.3 Å². The number of aromatic nitrogens is 4. The van der Waals surface area contributed by atoms with Gasteiger partial charge in [-0.3, -0.25) is 9.67 Å². The van der Waals surface area contributed by atoms with Crippen molar-refractivity contribution in [2.45, 2.75) is 20.1 Å². The molecule has 0 bridgehead atoms. The van der Waals surface area contributed by atoms with Crippen LogP contribution in [0.4, 0.5) is 0 Å². The summed E-state index contributed by atoms with van der Waals surface area (Å²) >= 11 is 6.25. The van der Waals surface area contributed by atoms with Crippen molar-refractivity contribution < 1.29 is 9.84 Å². The Balaban J connectivity index is 1.77. The van der Waals surface area contributed by atoms with Gasteiger partial charge in [0.15, 0.2) is 0 Å². The van der Waals surface area contributed by atoms with Crippen molar-refractivity contribution in [1.29, 1.82) is 0 Å². The number of nitrogens with zero attached hydrogens (tertiary/aromatic N) is 4. The van der Waals surface area contributed by atoms with Crippen LogP contribution in [0.2, 0.25) is 5.02 Å². The number of aryl methyl sites for hydroxylation is 2. The number of pyridine rings is 2. The molecule has 0 fully saturated rings. The fraction of sp³-hybridized carbons (Fsp3) is 0.190. The summed E-state index contributed by atoms with van der Waals surface area (Å²) in [6, 6.07) is 9.87. The van der Waals surface area contributed by atoms with Crippen molar-refractivity contribution in [2.24, 2.45) is 7.05 Å². The molecule has 6 nitrogen and oxygen atoms in total. The van der Waals surface area contributed by atoms with Crippen LogP contribution in [0.25, 0.3) is 22.2 Å². The van der Waals surface area contributed by atoms with Crippen LogP contribution < -0.4 is 4.74 Å². The van der Waals surface area contributed by atoms with Crippen LogP contribution >= 0.6 is 11.6 Å². The fourth-order valence-electron chi connectivity index (χ4n) is 3.27. The van der Waals surface area contributed by atoms with Crippen molar-refractivity contribution in [3.05, 3.63) is 70.8 Å². The van der Waals surface area contributed by atoms with Gasteiger partial charge in [-0.05, 0) is 25.1 Å². The second-order valence-electron chi connectivity index (χ2n) is 6.51. The molecule has 0 unspecified atom stereocenters. The molecule has 4 aromatic rings. The molecule has 4 rings (SSSR count). The minimum Gasteiger partial charge on any atom is -0.487 e. The summed E-state index contributed by atoms with van der Waals surface area (Å²) in [5, 5.41) is 15.3. The predicted molar refractivity (Wildman–Crippen MR) is 108 cm³/mol. The third kappa shape index (κ3) is 3.32. The summed E-state index contributed by atoms with van der Waals surface area (Å²) in [5.74, 6) is 0.654. The Labute approximate surface area is 167 Å². The Bertz CT molecular complexity index is 1160. The van der Waals surface area contributed by atoms with E-state index in [0.29, 0.717) is 16.3 Å². The summed E-state index contributed by atoms with van der Waals surface area (Å²) in [4.78, 5) is 8.72. The van der Waals surface area contributed by atoms with Gasteiger partial charge in [-0.1, -0.05) is 23.7 Å². The van der Waals surface area contributed by atoms with Crippen molar-refractivity contribution in [2.75, 3.05) is 0 Å². The Kier molecular flexibility index (Phi) is 4.98. The number of ether oxygens (including phenoxy) is 1. The molecule has 7 heteroatoms. The molecule has 0 aliphatic rings. The minimum atomic E-state index is -0.149. The highest BCUT2D eigenvalue weighted by Crippen LogP contribution is 2.33. The molecular weight excluding hydrogens is 376 g/mol. The smallest absolute Gasteiger partial charge is 0.146 e. The summed E-state index contributed by atoms with van der Waals surface area (Å²) in [6.45, 7) is 2.02. The second-order valence-corrected chi connectivity index (χ2v) is 6.92. The van der Waals surface area contributed by atoms with Gasteiger partial charge in [-0.15, -0.1) is 0 Å². The highest BCUT2D eigenvalue weighted by atomic mass is 35.5. The molecule has 0 saturated carbocycles. The molecular formula is C21H19ClN4O2. The van der Waals surface area contributed by atoms with Crippen LogP contribution in [0.15, 0.2) is 48.9 Å². The third-order valence-electron chi connectivity index (χ3n) is 4.66. The molecule has 3 heterocycles. The first kappa shape index (κ1) is 18.4. The number of para-hydroxylation sites is 1. The normalized spacial score (nSPS) is 11.1. The van der Waals surface area contributed by atoms with Crippen LogP contribution in [0, 0.1) is 6.92 Å². The standard InChI is InChI=1S/C21H19ClN4O2/c1-13-8-16(19-6-7-24-26(19)2)15-4-3-5-20(21(15)25-13)28-12-17-14(11-27)9-23-10-18(17)22/h3-10,27H,11-12H2,1-2H3. The van der Waals surface area contributed by atoms with Crippen molar-refractivity contribution in [3.8, 4) is 17.0 Å². The zero-order valence-electron chi connectivity index (χ0n) is 15.6. The van der Waals surface area contributed by atoms with Gasteiger partial charge in [0.1, 0.15) is 17.9 Å². The lowest BCUT2D eigenvalue weighted by atomic mass is 10.0. The van der Waals surface area contributed by atoms with Gasteiger partial charge < -0.3 is 9.84 Å². The highest BCUT2D eigenvalue weighted by Gasteiger charge is 2.14. The van der Waals surface area contributed by atoms with Crippen LogP contribution in [0.1, 0.15) is 16.8 Å². The molecule has 142 valence electrons. The van der Waals surface area contributed by atoms with E-state index in [1.54, 1.807) is 18.6 Å². The van der Waals surface area contributed by atoms with E-state index < -0.39 is 0 Å². The van der Waals surface area contributed by atoms with Crippen LogP contribution in [-0.4, -0.2) is 24.9 Å². The molecule has 0 radical (unpaired) electrons. The molecule has 0 atom stereocenters. The minimum absolute atomic E-state index is 0.149. The molecule has 0 spiro atoms. The number of aliphatic hydroxyl groups excluding tert-OH is 1. The van der Waals surface area contributed by atoms with Gasteiger partial charge >= 0.3 is 0 Å². The lowest BCUT2D eigenvalue weighted by Crippen LogP contribution is -2.03. The van der Waals surface area contributed by atoms with Gasteiger partial charge in [0.05, 0.1) is 17.3 Å². The number of hydrogen-bond donors (Lipinski definition) is 1. The fourth-order valence-corrected chi connectivity index (χ4v) is 3.50. The van der Waals surface area contributed by atoms with E-state index in [4.69, 9.17) is 21.3 Å². The lowest BCUT2D eigenvalue weighted by Gasteiger charge is -2.14. The molecule has 0 aliphatic heterocycles. The maximum atomic E-state index is 9.54. The molecule has 1 N–H and O–H groups in total. The average molecular weight is 395 g/mol. The van der Waals surface area contributed by atoms with Gasteiger partial charge in [0, 0.05) is 53.4 Å². The van der Waals surface area contributed by atoms with E-state index in [-0.39, 0.29) is 13.2 Å². The summed E-state index contributed by atoms with van der Waals surface area (Å²) < 4.78 is 7.92. The Morgan fingerprint density at radius 3 is 2.82 bits per heavy atom. The average Bonchev–Trinajstić information content (AvgIpc) is 3.12. The van der Waals surface area contributed by atoms with Crippen molar-refractivity contribution in [1.82, 2.24) is 19.7 Å². The summed E-state index contributed by atoms with van der Waals surface area (Å²) in [7, 11) is 1.92. The van der Waals surface area contributed by atoms with Crippen molar-refractivity contribution in [3.63, 3.8) is 0 Å². The van der Waals surface area contributed by atoms with Crippen molar-refractivity contribution >= 4 is 22.5 Å². The molecule has 3 aromatic heterocycles. The first-order valence-electron chi connectivity index (χ1n) is 8.82. The highest BCUT2D eigenvalue weighted by molar-refractivity contribution is 6.31. The van der Waals surface area contributed by atoms with Crippen LogP contribution in [0.5, 0.6) is 5.75 Å². The quantitative estimate of drug-likeness (QED) is 0.552. The zero-order chi connectivity index (χ0) is 19.7. The van der Waals surface area contributed by atoms with E-state index in [1.807, 2.05) is 49.0 Å². The van der Waals surface area contributed by atoms with Gasteiger partial charge in [0.25, 0.3) is 0 Å². The first-order chi connectivity index (χ1) is 13.6. The van der Waals surface area contributed by atoms with Gasteiger partial charge in [0.2, 0.25) is 0 Å². The third-order valence-corrected chi connectivity index (χ3v) is 4.99. The number of rotatable bonds is 5. The predicted octanol–water partition coefficient (Wildman–Crippen LogP) is 4.06. The number of halogens is 1. The van der Waals surface area contributed by atoms with Gasteiger partial charge in [-0.2, -0.15) is 5.10 Å². The summed E-state index contributed by atoms with van der Waals surface area (Å²) in [6.07, 6.45) is 4.92. The lowest BCUT2D eigenvalue weighted by molar-refractivity contribution is 0.269. The number of aliphatic hydroxyl groups is 1. The molecule has 1 aromatic carbocycles. The van der Waals surface area contributed by atoms with E-state index in [0.717, 1.165) is 33.4 Å². The van der Waals surface area contributed by atoms with E-state index in [2.05, 4.69) is 10.1 Å². The second kappa shape index (κ2) is 7.58. The maximum Gasteiger partial charge on any atom is 0.146 e. The molecule has 0 aliphatic carbocycles. The summed E-state index contributed by atoms with van der Waals surface area (Å²) in [5.41, 5.74) is 5.08. The topological polar surface area (TPSA) is 73.1 Å². The van der Waals surface area contributed by atoms with E-state index >= 15 is 0 Å². The molecule has 0 saturated heterocycles. The number of fused-ring (bicyclic) bond motifs is 1. The monoisotopic (exact) mass is 394 g/mol. The maximum absolute atomic E-state index is 9.54. The Morgan fingerprint density at radius 2 is 2.07 bits per heavy atom. The number of hydrogen-bond acceptors (Lipinski definition) is 5. The largest absolute Gasteiger partial charge is 0.487 e.